The van der Waals surface area contributed by atoms with Gasteiger partial charge in [0.15, 0.2) is 0 Å². The van der Waals surface area contributed by atoms with Crippen molar-refractivity contribution < 1.29 is 9.53 Å². The Balaban J connectivity index is 2.98. The van der Waals surface area contributed by atoms with Crippen molar-refractivity contribution in [3.05, 3.63) is 11.9 Å². The number of aromatic nitrogens is 2. The molecule has 0 N–H and O–H groups in total. The van der Waals surface area contributed by atoms with Crippen molar-refractivity contribution in [1.82, 2.24) is 9.97 Å². The summed E-state index contributed by atoms with van der Waals surface area (Å²) < 4.78 is 4.66. The first kappa shape index (κ1) is 15.2. The van der Waals surface area contributed by atoms with Crippen LogP contribution in [0.2, 0.25) is 0 Å². The van der Waals surface area contributed by atoms with Gasteiger partial charge in [-0.1, -0.05) is 0 Å². The number of carbonyl (C=O) groups is 1. The SMILES string of the molecule is CCN(CC)c1cc(N(C)CC(=O)OC)nc(C)n1. The molecule has 0 unspecified atom stereocenters. The number of carbonyl (C=O) groups excluding carboxylic acids is 1. The number of hydrogen-bond donors (Lipinski definition) is 0. The summed E-state index contributed by atoms with van der Waals surface area (Å²) in [6.07, 6.45) is 0. The van der Waals surface area contributed by atoms with Gasteiger partial charge in [-0.05, 0) is 20.8 Å². The third-order valence-electron chi connectivity index (χ3n) is 2.88. The highest BCUT2D eigenvalue weighted by atomic mass is 16.5. The molecule has 6 heteroatoms. The van der Waals surface area contributed by atoms with Gasteiger partial charge in [0.05, 0.1) is 7.11 Å². The van der Waals surface area contributed by atoms with E-state index >= 15 is 0 Å². The molecule has 0 bridgehead atoms. The van der Waals surface area contributed by atoms with Gasteiger partial charge in [0.1, 0.15) is 24.0 Å². The standard InChI is InChI=1S/C13H22N4O2/c1-6-17(7-2)12-8-11(14-10(3)15-12)16(4)9-13(18)19-5/h8H,6-7,9H2,1-5H3. The minimum atomic E-state index is -0.289. The van der Waals surface area contributed by atoms with E-state index in [-0.39, 0.29) is 12.5 Å². The molecule has 0 saturated carbocycles. The second-order valence-corrected chi connectivity index (χ2v) is 4.24. The van der Waals surface area contributed by atoms with E-state index in [2.05, 4.69) is 33.5 Å². The Labute approximate surface area is 114 Å². The molecule has 0 radical (unpaired) electrons. The molecule has 6 nitrogen and oxygen atoms in total. The molecule has 1 rings (SSSR count). The normalized spacial score (nSPS) is 10.2. The molecule has 0 spiro atoms. The Kier molecular flexibility index (Phi) is 5.54. The number of nitrogens with zero attached hydrogens (tertiary/aromatic N) is 4. The van der Waals surface area contributed by atoms with Gasteiger partial charge in [-0.2, -0.15) is 0 Å². The van der Waals surface area contributed by atoms with Gasteiger partial charge in [0.25, 0.3) is 0 Å². The maximum Gasteiger partial charge on any atom is 0.325 e. The zero-order chi connectivity index (χ0) is 14.4. The zero-order valence-electron chi connectivity index (χ0n) is 12.3. The fraction of sp³-hybridized carbons (Fsp3) is 0.615. The van der Waals surface area contributed by atoms with E-state index in [0.717, 1.165) is 24.7 Å². The van der Waals surface area contributed by atoms with Gasteiger partial charge < -0.3 is 14.5 Å². The van der Waals surface area contributed by atoms with Crippen LogP contribution < -0.4 is 9.80 Å². The van der Waals surface area contributed by atoms with Crippen LogP contribution >= 0.6 is 0 Å². The Hall–Kier alpha value is -1.85. The molecule has 0 atom stereocenters. The topological polar surface area (TPSA) is 58.6 Å². The van der Waals surface area contributed by atoms with Gasteiger partial charge in [-0.3, -0.25) is 4.79 Å². The van der Waals surface area contributed by atoms with Crippen LogP contribution in [0.5, 0.6) is 0 Å². The third-order valence-corrected chi connectivity index (χ3v) is 2.88. The first-order valence-electron chi connectivity index (χ1n) is 6.40. The largest absolute Gasteiger partial charge is 0.468 e. The van der Waals surface area contributed by atoms with Crippen molar-refractivity contribution >= 4 is 17.6 Å². The summed E-state index contributed by atoms with van der Waals surface area (Å²) in [6, 6.07) is 1.89. The quantitative estimate of drug-likeness (QED) is 0.722. The highest BCUT2D eigenvalue weighted by Gasteiger charge is 2.12. The Bertz CT molecular complexity index is 433. The second-order valence-electron chi connectivity index (χ2n) is 4.24. The number of anilines is 2. The Morgan fingerprint density at radius 2 is 1.84 bits per heavy atom. The smallest absolute Gasteiger partial charge is 0.325 e. The van der Waals surface area contributed by atoms with Gasteiger partial charge in [-0.25, -0.2) is 9.97 Å². The average molecular weight is 266 g/mol. The molecule has 1 heterocycles. The van der Waals surface area contributed by atoms with Crippen molar-refractivity contribution in [3.8, 4) is 0 Å². The molecular weight excluding hydrogens is 244 g/mol. The van der Waals surface area contributed by atoms with E-state index < -0.39 is 0 Å². The lowest BCUT2D eigenvalue weighted by molar-refractivity contribution is -0.138. The van der Waals surface area contributed by atoms with Crippen LogP contribution in [0.1, 0.15) is 19.7 Å². The number of rotatable bonds is 6. The molecule has 0 saturated heterocycles. The average Bonchev–Trinajstić information content (AvgIpc) is 2.39. The van der Waals surface area contributed by atoms with Crippen LogP contribution in [0, 0.1) is 6.92 Å². The summed E-state index contributed by atoms with van der Waals surface area (Å²) in [5, 5.41) is 0. The minimum absolute atomic E-state index is 0.171. The number of likely N-dealkylation sites (N-methyl/N-ethyl adjacent to an activating group) is 1. The summed E-state index contributed by atoms with van der Waals surface area (Å²) in [7, 11) is 3.19. The molecule has 106 valence electrons. The van der Waals surface area contributed by atoms with Crippen LogP contribution in [-0.4, -0.2) is 49.7 Å². The number of methoxy groups -OCH3 is 1. The molecule has 0 amide bonds. The predicted molar refractivity (Wildman–Crippen MR) is 75.6 cm³/mol. The Morgan fingerprint density at radius 3 is 2.37 bits per heavy atom. The molecular formula is C13H22N4O2. The number of aryl methyl sites for hydroxylation is 1. The maximum atomic E-state index is 11.3. The predicted octanol–water partition coefficient (Wildman–Crippen LogP) is 1.24. The van der Waals surface area contributed by atoms with Crippen molar-refractivity contribution in [2.45, 2.75) is 20.8 Å². The highest BCUT2D eigenvalue weighted by molar-refractivity contribution is 5.75. The van der Waals surface area contributed by atoms with Crippen LogP contribution in [0.3, 0.4) is 0 Å². The van der Waals surface area contributed by atoms with Gasteiger partial charge in [0.2, 0.25) is 0 Å². The maximum absolute atomic E-state index is 11.3. The lowest BCUT2D eigenvalue weighted by Crippen LogP contribution is -2.29. The van der Waals surface area contributed by atoms with E-state index in [1.807, 2.05) is 20.0 Å². The van der Waals surface area contributed by atoms with E-state index in [1.165, 1.54) is 7.11 Å². The van der Waals surface area contributed by atoms with E-state index in [1.54, 1.807) is 4.90 Å². The minimum Gasteiger partial charge on any atom is -0.468 e. The first-order chi connectivity index (χ1) is 9.01. The Morgan fingerprint density at radius 1 is 1.26 bits per heavy atom. The fourth-order valence-corrected chi connectivity index (χ4v) is 1.78. The summed E-state index contributed by atoms with van der Waals surface area (Å²) in [6.45, 7) is 7.95. The molecule has 0 aromatic carbocycles. The number of hydrogen-bond acceptors (Lipinski definition) is 6. The number of ether oxygens (including phenoxy) is 1. The fourth-order valence-electron chi connectivity index (χ4n) is 1.78. The molecule has 0 aliphatic rings. The summed E-state index contributed by atoms with van der Waals surface area (Å²) >= 11 is 0. The molecule has 0 aliphatic heterocycles. The van der Waals surface area contributed by atoms with Crippen LogP contribution in [0.15, 0.2) is 6.07 Å². The van der Waals surface area contributed by atoms with Gasteiger partial charge in [0, 0.05) is 26.2 Å². The van der Waals surface area contributed by atoms with Crippen molar-refractivity contribution in [2.75, 3.05) is 43.6 Å². The zero-order valence-corrected chi connectivity index (χ0v) is 12.3. The first-order valence-corrected chi connectivity index (χ1v) is 6.40. The lowest BCUT2D eigenvalue weighted by Gasteiger charge is -2.23. The second kappa shape index (κ2) is 6.92. The molecule has 1 aromatic rings. The molecule has 1 aromatic heterocycles. The highest BCUT2D eigenvalue weighted by Crippen LogP contribution is 2.18. The van der Waals surface area contributed by atoms with Crippen molar-refractivity contribution in [2.24, 2.45) is 0 Å². The molecule has 0 aliphatic carbocycles. The molecule has 0 fully saturated rings. The monoisotopic (exact) mass is 266 g/mol. The van der Waals surface area contributed by atoms with E-state index in [4.69, 9.17) is 0 Å². The van der Waals surface area contributed by atoms with Crippen molar-refractivity contribution in [1.29, 1.82) is 0 Å². The summed E-state index contributed by atoms with van der Waals surface area (Å²) in [4.78, 5) is 24.0. The van der Waals surface area contributed by atoms with Crippen LogP contribution in [-0.2, 0) is 9.53 Å². The van der Waals surface area contributed by atoms with Crippen LogP contribution in [0.4, 0.5) is 11.6 Å². The third kappa shape index (κ3) is 4.08. The van der Waals surface area contributed by atoms with Gasteiger partial charge >= 0.3 is 5.97 Å². The van der Waals surface area contributed by atoms with Crippen molar-refractivity contribution in [3.63, 3.8) is 0 Å². The summed E-state index contributed by atoms with van der Waals surface area (Å²) in [5.74, 6) is 2.00. The van der Waals surface area contributed by atoms with Gasteiger partial charge in [-0.15, -0.1) is 0 Å². The molecule has 19 heavy (non-hydrogen) atoms. The van der Waals surface area contributed by atoms with Crippen LogP contribution in [0.25, 0.3) is 0 Å². The summed E-state index contributed by atoms with van der Waals surface area (Å²) in [5.41, 5.74) is 0. The number of esters is 1. The van der Waals surface area contributed by atoms with E-state index in [9.17, 15) is 4.79 Å². The van der Waals surface area contributed by atoms with E-state index in [0.29, 0.717) is 5.82 Å². The lowest BCUT2D eigenvalue weighted by atomic mass is 10.4.